The van der Waals surface area contributed by atoms with E-state index in [0.29, 0.717) is 0 Å². The lowest BCUT2D eigenvalue weighted by atomic mass is 10.1. The molecule has 20 heavy (non-hydrogen) atoms. The number of hydrogen-bond acceptors (Lipinski definition) is 3. The van der Waals surface area contributed by atoms with Crippen LogP contribution in [0.5, 0.6) is 0 Å². The van der Waals surface area contributed by atoms with Gasteiger partial charge in [-0.25, -0.2) is 4.39 Å². The van der Waals surface area contributed by atoms with Gasteiger partial charge in [0.05, 0.1) is 12.2 Å². The molecule has 0 radical (unpaired) electrons. The smallest absolute Gasteiger partial charge is 0.325 e. The molecular weight excluding hydrogens is 261 g/mol. The summed E-state index contributed by atoms with van der Waals surface area (Å²) < 4.78 is 18.7. The first-order valence-corrected chi connectivity index (χ1v) is 6.75. The summed E-state index contributed by atoms with van der Waals surface area (Å²) >= 11 is 0. The summed E-state index contributed by atoms with van der Waals surface area (Å²) in [7, 11) is 0. The van der Waals surface area contributed by atoms with E-state index in [0.717, 1.165) is 18.4 Å². The van der Waals surface area contributed by atoms with Crippen LogP contribution in [0.3, 0.4) is 0 Å². The first-order valence-electron chi connectivity index (χ1n) is 6.75. The van der Waals surface area contributed by atoms with Gasteiger partial charge in [0.15, 0.2) is 0 Å². The van der Waals surface area contributed by atoms with Crippen LogP contribution in [0.2, 0.25) is 0 Å². The van der Waals surface area contributed by atoms with Crippen molar-refractivity contribution in [1.82, 2.24) is 4.90 Å². The largest absolute Gasteiger partial charge is 0.465 e. The van der Waals surface area contributed by atoms with E-state index in [1.54, 1.807) is 19.9 Å². The summed E-state index contributed by atoms with van der Waals surface area (Å²) in [5.74, 6) is -1.46. The first kappa shape index (κ1) is 14.5. The molecule has 5 heteroatoms. The van der Waals surface area contributed by atoms with Crippen molar-refractivity contribution in [3.05, 3.63) is 35.1 Å². The molecule has 1 amide bonds. The number of carbonyl (C=O) groups is 2. The Morgan fingerprint density at radius 1 is 1.40 bits per heavy atom. The van der Waals surface area contributed by atoms with Crippen LogP contribution in [0.25, 0.3) is 0 Å². The van der Waals surface area contributed by atoms with Gasteiger partial charge in [0.2, 0.25) is 0 Å². The minimum atomic E-state index is -0.551. The van der Waals surface area contributed by atoms with Gasteiger partial charge in [-0.2, -0.15) is 0 Å². The molecule has 0 N–H and O–H groups in total. The van der Waals surface area contributed by atoms with Crippen LogP contribution < -0.4 is 0 Å². The minimum absolute atomic E-state index is 0.00629. The van der Waals surface area contributed by atoms with Crippen LogP contribution in [-0.4, -0.2) is 36.0 Å². The molecule has 1 aliphatic rings. The number of benzene rings is 1. The van der Waals surface area contributed by atoms with Crippen LogP contribution >= 0.6 is 0 Å². The lowest BCUT2D eigenvalue weighted by molar-refractivity contribution is -0.144. The van der Waals surface area contributed by atoms with E-state index in [1.165, 1.54) is 17.0 Å². The average Bonchev–Trinajstić information content (AvgIpc) is 3.20. The van der Waals surface area contributed by atoms with E-state index in [9.17, 15) is 14.0 Å². The molecule has 1 aliphatic carbocycles. The van der Waals surface area contributed by atoms with Crippen molar-refractivity contribution in [2.45, 2.75) is 32.7 Å². The topological polar surface area (TPSA) is 46.6 Å². The zero-order chi connectivity index (χ0) is 14.7. The molecular formula is C15H18FNO3. The molecule has 1 aromatic rings. The third-order valence-corrected chi connectivity index (χ3v) is 3.21. The Balaban J connectivity index is 2.16. The number of halogens is 1. The Labute approximate surface area is 117 Å². The van der Waals surface area contributed by atoms with Crippen molar-refractivity contribution in [2.75, 3.05) is 13.2 Å². The number of amides is 1. The van der Waals surface area contributed by atoms with Crippen molar-refractivity contribution >= 4 is 11.9 Å². The van der Waals surface area contributed by atoms with Gasteiger partial charge in [-0.05, 0) is 44.4 Å². The van der Waals surface area contributed by atoms with Crippen molar-refractivity contribution in [2.24, 2.45) is 0 Å². The van der Waals surface area contributed by atoms with Crippen LogP contribution in [0.15, 0.2) is 18.2 Å². The van der Waals surface area contributed by atoms with Crippen molar-refractivity contribution < 1.29 is 18.7 Å². The molecule has 0 bridgehead atoms. The highest BCUT2D eigenvalue weighted by Gasteiger charge is 2.35. The highest BCUT2D eigenvalue weighted by molar-refractivity contribution is 5.96. The second kappa shape index (κ2) is 6.03. The molecule has 0 atom stereocenters. The van der Waals surface area contributed by atoms with Gasteiger partial charge in [-0.1, -0.05) is 6.07 Å². The fraction of sp³-hybridized carbons (Fsp3) is 0.467. The monoisotopic (exact) mass is 279 g/mol. The lowest BCUT2D eigenvalue weighted by Gasteiger charge is -2.21. The fourth-order valence-electron chi connectivity index (χ4n) is 2.05. The number of carbonyl (C=O) groups excluding carboxylic acids is 2. The number of hydrogen-bond donors (Lipinski definition) is 0. The maximum atomic E-state index is 13.9. The predicted molar refractivity (Wildman–Crippen MR) is 71.8 cm³/mol. The van der Waals surface area contributed by atoms with Gasteiger partial charge >= 0.3 is 5.97 Å². The zero-order valence-electron chi connectivity index (χ0n) is 11.7. The van der Waals surface area contributed by atoms with Gasteiger partial charge in [-0.3, -0.25) is 9.59 Å². The van der Waals surface area contributed by atoms with E-state index < -0.39 is 17.7 Å². The fourth-order valence-corrected chi connectivity index (χ4v) is 2.05. The van der Waals surface area contributed by atoms with E-state index in [-0.39, 0.29) is 24.8 Å². The predicted octanol–water partition coefficient (Wildman–Crippen LogP) is 2.30. The number of ether oxygens (including phenoxy) is 1. The summed E-state index contributed by atoms with van der Waals surface area (Å²) in [5, 5.41) is 0. The number of rotatable bonds is 5. The van der Waals surface area contributed by atoms with Gasteiger partial charge in [0, 0.05) is 6.04 Å². The molecule has 0 aromatic heterocycles. The number of nitrogens with zero attached hydrogens (tertiary/aromatic N) is 1. The Morgan fingerprint density at radius 2 is 2.10 bits per heavy atom. The summed E-state index contributed by atoms with van der Waals surface area (Å²) in [6.07, 6.45) is 1.69. The highest BCUT2D eigenvalue weighted by atomic mass is 19.1. The summed E-state index contributed by atoms with van der Waals surface area (Å²) in [4.78, 5) is 25.3. The molecule has 4 nitrogen and oxygen atoms in total. The van der Waals surface area contributed by atoms with Crippen molar-refractivity contribution in [1.29, 1.82) is 0 Å². The van der Waals surface area contributed by atoms with Gasteiger partial charge < -0.3 is 9.64 Å². The number of esters is 1. The summed E-state index contributed by atoms with van der Waals surface area (Å²) in [6, 6.07) is 4.50. The normalized spacial score (nSPS) is 13.9. The molecule has 108 valence electrons. The molecule has 1 saturated carbocycles. The second-order valence-corrected chi connectivity index (χ2v) is 4.95. The molecule has 0 spiro atoms. The lowest BCUT2D eigenvalue weighted by Crippen LogP contribution is -2.38. The Hall–Kier alpha value is -1.91. The van der Waals surface area contributed by atoms with Crippen LogP contribution in [0.4, 0.5) is 4.39 Å². The quantitative estimate of drug-likeness (QED) is 0.777. The molecule has 2 rings (SSSR count). The Bertz CT molecular complexity index is 526. The number of aryl methyl sites for hydroxylation is 1. The van der Waals surface area contributed by atoms with Gasteiger partial charge in [0.25, 0.3) is 5.91 Å². The van der Waals surface area contributed by atoms with Crippen molar-refractivity contribution in [3.63, 3.8) is 0 Å². The molecule has 0 heterocycles. The van der Waals surface area contributed by atoms with E-state index in [2.05, 4.69) is 0 Å². The standard InChI is InChI=1S/C15H18FNO3/c1-3-20-14(18)9-17(11-5-6-11)15(19)12-7-4-10(2)8-13(12)16/h4,7-8,11H,3,5-6,9H2,1-2H3. The SMILES string of the molecule is CCOC(=O)CN(C(=O)c1ccc(C)cc1F)C1CC1. The highest BCUT2D eigenvalue weighted by Crippen LogP contribution is 2.28. The molecule has 1 fully saturated rings. The summed E-state index contributed by atoms with van der Waals surface area (Å²) in [5.41, 5.74) is 0.759. The Kier molecular flexibility index (Phi) is 4.37. The first-order chi connectivity index (χ1) is 9.52. The van der Waals surface area contributed by atoms with Crippen LogP contribution in [-0.2, 0) is 9.53 Å². The van der Waals surface area contributed by atoms with Crippen molar-refractivity contribution in [3.8, 4) is 0 Å². The van der Waals surface area contributed by atoms with Crippen LogP contribution in [0.1, 0.15) is 35.7 Å². The van der Waals surface area contributed by atoms with Gasteiger partial charge in [0.1, 0.15) is 12.4 Å². The van der Waals surface area contributed by atoms with Crippen LogP contribution in [0, 0.1) is 12.7 Å². The molecule has 1 aromatic carbocycles. The third-order valence-electron chi connectivity index (χ3n) is 3.21. The third kappa shape index (κ3) is 3.35. The Morgan fingerprint density at radius 3 is 2.65 bits per heavy atom. The average molecular weight is 279 g/mol. The minimum Gasteiger partial charge on any atom is -0.465 e. The molecule has 0 saturated heterocycles. The van der Waals surface area contributed by atoms with E-state index in [1.807, 2.05) is 0 Å². The maximum Gasteiger partial charge on any atom is 0.325 e. The maximum absolute atomic E-state index is 13.9. The zero-order valence-corrected chi connectivity index (χ0v) is 11.7. The molecule has 0 aliphatic heterocycles. The van der Waals surface area contributed by atoms with E-state index >= 15 is 0 Å². The van der Waals surface area contributed by atoms with Gasteiger partial charge in [-0.15, -0.1) is 0 Å². The summed E-state index contributed by atoms with van der Waals surface area (Å²) in [6.45, 7) is 3.62. The van der Waals surface area contributed by atoms with E-state index in [4.69, 9.17) is 4.74 Å². The second-order valence-electron chi connectivity index (χ2n) is 4.95. The molecule has 0 unspecified atom stereocenters.